The fraction of sp³-hybridized carbons (Fsp3) is 0.243. The predicted molar refractivity (Wildman–Crippen MR) is 178 cm³/mol. The van der Waals surface area contributed by atoms with Crippen LogP contribution in [0.5, 0.6) is 28.7 Å². The van der Waals surface area contributed by atoms with Crippen molar-refractivity contribution in [2.45, 2.75) is 58.3 Å². The van der Waals surface area contributed by atoms with Crippen LogP contribution in [0.4, 0.5) is 0 Å². The predicted octanol–water partition coefficient (Wildman–Crippen LogP) is 8.67. The Bertz CT molecular complexity index is 1670. The van der Waals surface area contributed by atoms with Crippen LogP contribution in [0.3, 0.4) is 0 Å². The zero-order valence-corrected chi connectivity index (χ0v) is 25.4. The second-order valence-corrected chi connectivity index (χ2v) is 10.1. The van der Waals surface area contributed by atoms with Crippen LogP contribution in [0, 0.1) is 0 Å². The van der Waals surface area contributed by atoms with Gasteiger partial charge in [-0.05, 0) is 63.1 Å². The SMILES string of the molecule is CC/C=C\C/C=C\C/C=C\C/C=C\C/C=C\C/C=C\CCC(=O)Oc1c(-c2ccc(O)c(O)c2)oc2cc(O)cc(O)c2c1=O. The van der Waals surface area contributed by atoms with Crippen molar-refractivity contribution in [2.24, 2.45) is 0 Å². The molecule has 0 aliphatic carbocycles. The second-order valence-electron chi connectivity index (χ2n) is 10.1. The zero-order chi connectivity index (χ0) is 32.4. The minimum atomic E-state index is -0.835. The van der Waals surface area contributed by atoms with Gasteiger partial charge in [0, 0.05) is 24.1 Å². The molecule has 0 saturated carbocycles. The number of aromatic hydroxyl groups is 4. The zero-order valence-electron chi connectivity index (χ0n) is 25.4. The topological polar surface area (TPSA) is 137 Å². The minimum absolute atomic E-state index is 0.0263. The van der Waals surface area contributed by atoms with Crippen molar-refractivity contribution in [3.05, 3.63) is 113 Å². The number of carbonyl (C=O) groups is 1. The molecule has 0 aliphatic rings. The first-order valence-corrected chi connectivity index (χ1v) is 15.0. The van der Waals surface area contributed by atoms with E-state index in [0.29, 0.717) is 12.8 Å². The molecule has 0 amide bonds. The number of allylic oxidation sites excluding steroid dienone is 12. The third-order valence-electron chi connectivity index (χ3n) is 6.48. The molecule has 0 radical (unpaired) electrons. The standard InChI is InChI=1S/C37H40O8/c1-2-3-4-5-6-7-8-9-10-11-12-13-14-15-16-17-18-19-20-21-33(42)45-37-35(43)34-31(41)25-28(38)26-32(34)44-36(37)27-22-23-29(39)30(40)24-27/h3-4,6-7,9-10,12-13,15-16,18-19,22-26,38-41H,2,5,8,11,14,17,20-21H2,1H3/b4-3-,7-6-,10-9-,13-12-,16-15-,19-18-. The molecule has 236 valence electrons. The van der Waals surface area contributed by atoms with Crippen molar-refractivity contribution in [2.75, 3.05) is 0 Å². The molecule has 0 saturated heterocycles. The largest absolute Gasteiger partial charge is 0.508 e. The monoisotopic (exact) mass is 612 g/mol. The van der Waals surface area contributed by atoms with Gasteiger partial charge in [-0.25, -0.2) is 0 Å². The third-order valence-corrected chi connectivity index (χ3v) is 6.48. The van der Waals surface area contributed by atoms with Gasteiger partial charge in [0.25, 0.3) is 0 Å². The molecule has 3 aromatic rings. The molecular formula is C37H40O8. The van der Waals surface area contributed by atoms with Crippen molar-refractivity contribution in [3.8, 4) is 40.1 Å². The van der Waals surface area contributed by atoms with E-state index in [1.807, 2.05) is 18.2 Å². The van der Waals surface area contributed by atoms with Gasteiger partial charge >= 0.3 is 5.97 Å². The molecule has 0 atom stereocenters. The Balaban J connectivity index is 1.49. The van der Waals surface area contributed by atoms with E-state index in [9.17, 15) is 30.0 Å². The number of hydrogen-bond donors (Lipinski definition) is 4. The van der Waals surface area contributed by atoms with E-state index < -0.39 is 34.4 Å². The van der Waals surface area contributed by atoms with Crippen molar-refractivity contribution in [3.63, 3.8) is 0 Å². The molecule has 4 N–H and O–H groups in total. The van der Waals surface area contributed by atoms with Gasteiger partial charge in [-0.3, -0.25) is 9.59 Å². The lowest BCUT2D eigenvalue weighted by molar-refractivity contribution is -0.134. The minimum Gasteiger partial charge on any atom is -0.508 e. The third kappa shape index (κ3) is 11.1. The highest BCUT2D eigenvalue weighted by atomic mass is 16.5. The van der Waals surface area contributed by atoms with Gasteiger partial charge in [0.15, 0.2) is 17.3 Å². The first-order valence-electron chi connectivity index (χ1n) is 15.0. The molecule has 3 rings (SSSR count). The number of fused-ring (bicyclic) bond motifs is 1. The summed E-state index contributed by atoms with van der Waals surface area (Å²) >= 11 is 0. The summed E-state index contributed by atoms with van der Waals surface area (Å²) in [5.41, 5.74) is -0.858. The van der Waals surface area contributed by atoms with Gasteiger partial charge < -0.3 is 29.6 Å². The van der Waals surface area contributed by atoms with E-state index in [1.54, 1.807) is 0 Å². The normalized spacial score (nSPS) is 12.4. The summed E-state index contributed by atoms with van der Waals surface area (Å²) in [7, 11) is 0. The highest BCUT2D eigenvalue weighted by Gasteiger charge is 2.23. The second kappa shape index (κ2) is 18.4. The molecule has 0 aliphatic heterocycles. The number of phenolic OH excluding ortho intramolecular Hbond substituents is 4. The maximum atomic E-state index is 13.3. The molecule has 0 fully saturated rings. The quantitative estimate of drug-likeness (QED) is 0.0716. The number of hydrogen-bond acceptors (Lipinski definition) is 8. The van der Waals surface area contributed by atoms with Crippen LogP contribution in [0.1, 0.15) is 58.3 Å². The Hall–Kier alpha value is -5.24. The van der Waals surface area contributed by atoms with Crippen LogP contribution in [0.25, 0.3) is 22.3 Å². The van der Waals surface area contributed by atoms with Crippen LogP contribution < -0.4 is 10.2 Å². The van der Waals surface area contributed by atoms with Crippen molar-refractivity contribution in [1.29, 1.82) is 0 Å². The fourth-order valence-electron chi connectivity index (χ4n) is 4.22. The van der Waals surface area contributed by atoms with Crippen molar-refractivity contribution < 1.29 is 34.4 Å². The molecule has 8 heteroatoms. The summed E-state index contributed by atoms with van der Waals surface area (Å²) in [5.74, 6) is -3.17. The Kier molecular flexibility index (Phi) is 14.0. The van der Waals surface area contributed by atoms with Crippen LogP contribution >= 0.6 is 0 Å². The first-order chi connectivity index (χ1) is 21.8. The number of benzene rings is 2. The lowest BCUT2D eigenvalue weighted by atomic mass is 10.1. The molecule has 1 aromatic heterocycles. The number of carbonyl (C=O) groups excluding carboxylic acids is 1. The molecule has 0 bridgehead atoms. The number of esters is 1. The van der Waals surface area contributed by atoms with Gasteiger partial charge in [-0.2, -0.15) is 0 Å². The maximum Gasteiger partial charge on any atom is 0.311 e. The number of phenols is 4. The number of ether oxygens (including phenoxy) is 1. The van der Waals surface area contributed by atoms with E-state index in [0.717, 1.165) is 50.3 Å². The summed E-state index contributed by atoms with van der Waals surface area (Å²) in [4.78, 5) is 25.9. The smallest absolute Gasteiger partial charge is 0.311 e. The molecule has 1 heterocycles. The fourth-order valence-corrected chi connectivity index (χ4v) is 4.22. The van der Waals surface area contributed by atoms with Gasteiger partial charge in [0.1, 0.15) is 22.5 Å². The summed E-state index contributed by atoms with van der Waals surface area (Å²) in [5, 5.41) is 39.4. The van der Waals surface area contributed by atoms with E-state index in [2.05, 4.69) is 61.6 Å². The lowest BCUT2D eigenvalue weighted by Gasteiger charge is -2.12. The molecule has 45 heavy (non-hydrogen) atoms. The highest BCUT2D eigenvalue weighted by molar-refractivity contribution is 5.89. The average Bonchev–Trinajstić information content (AvgIpc) is 3.00. The van der Waals surface area contributed by atoms with Gasteiger partial charge in [-0.15, -0.1) is 0 Å². The summed E-state index contributed by atoms with van der Waals surface area (Å²) < 4.78 is 11.1. The first kappa shape index (κ1) is 34.3. The van der Waals surface area contributed by atoms with E-state index in [1.165, 1.54) is 12.1 Å². The van der Waals surface area contributed by atoms with E-state index in [4.69, 9.17) is 9.15 Å². The molecular weight excluding hydrogens is 572 g/mol. The van der Waals surface area contributed by atoms with Gasteiger partial charge in [-0.1, -0.05) is 79.8 Å². The average molecular weight is 613 g/mol. The van der Waals surface area contributed by atoms with Crippen LogP contribution in [0.15, 0.2) is 112 Å². The van der Waals surface area contributed by atoms with E-state index >= 15 is 0 Å². The van der Waals surface area contributed by atoms with E-state index in [-0.39, 0.29) is 34.5 Å². The Morgan fingerprint density at radius 3 is 1.82 bits per heavy atom. The summed E-state index contributed by atoms with van der Waals surface area (Å²) in [6.07, 6.45) is 30.9. The molecule has 0 unspecified atom stereocenters. The molecule has 0 spiro atoms. The van der Waals surface area contributed by atoms with Gasteiger partial charge in [0.2, 0.25) is 11.2 Å². The van der Waals surface area contributed by atoms with Crippen LogP contribution in [-0.2, 0) is 4.79 Å². The van der Waals surface area contributed by atoms with Crippen LogP contribution in [0.2, 0.25) is 0 Å². The Morgan fingerprint density at radius 2 is 1.27 bits per heavy atom. The lowest BCUT2D eigenvalue weighted by Crippen LogP contribution is -2.16. The number of rotatable bonds is 16. The van der Waals surface area contributed by atoms with Crippen molar-refractivity contribution >= 4 is 16.9 Å². The molecule has 2 aromatic carbocycles. The Morgan fingerprint density at radius 1 is 0.711 bits per heavy atom. The maximum absolute atomic E-state index is 13.3. The molecule has 8 nitrogen and oxygen atoms in total. The van der Waals surface area contributed by atoms with Crippen LogP contribution in [-0.4, -0.2) is 26.4 Å². The summed E-state index contributed by atoms with van der Waals surface area (Å²) in [6, 6.07) is 5.78. The summed E-state index contributed by atoms with van der Waals surface area (Å²) in [6.45, 7) is 2.13. The Labute approximate surface area is 262 Å². The highest BCUT2D eigenvalue weighted by Crippen LogP contribution is 2.38. The van der Waals surface area contributed by atoms with Gasteiger partial charge in [0.05, 0.1) is 0 Å². The van der Waals surface area contributed by atoms with Crippen molar-refractivity contribution in [1.82, 2.24) is 0 Å².